The molecule has 0 aliphatic heterocycles. The Hall–Kier alpha value is 0.840. The van der Waals surface area contributed by atoms with Crippen LogP contribution in [0.1, 0.15) is 12.8 Å². The number of halogens is 2. The van der Waals surface area contributed by atoms with Crippen molar-refractivity contribution in [2.75, 3.05) is 24.9 Å². The molecule has 3 nitrogen and oxygen atoms in total. The molecule has 0 N–H and O–H groups in total. The predicted octanol–water partition coefficient (Wildman–Crippen LogP) is 2.52. The number of alkyl halides is 2. The Bertz CT molecular complexity index is 102. The Morgan fingerprint density at radius 3 is 1.54 bits per heavy atom. The van der Waals surface area contributed by atoms with E-state index < -0.39 is 0 Å². The zero-order valence-corrected chi connectivity index (χ0v) is 11.1. The number of hydrogen-bond acceptors (Lipinski definition) is 3. The molecule has 13 heavy (non-hydrogen) atoms. The molecule has 80 valence electrons. The van der Waals surface area contributed by atoms with E-state index in [9.17, 15) is 0 Å². The molecule has 2 atom stereocenters. The molecule has 0 radical (unpaired) electrons. The van der Waals surface area contributed by atoms with Crippen molar-refractivity contribution in [1.29, 1.82) is 0 Å². The van der Waals surface area contributed by atoms with Crippen molar-refractivity contribution in [2.45, 2.75) is 25.4 Å². The minimum Gasteiger partial charge on any atom is -0.356 e. The van der Waals surface area contributed by atoms with Crippen molar-refractivity contribution in [3.63, 3.8) is 0 Å². The van der Waals surface area contributed by atoms with Crippen LogP contribution in [0.5, 0.6) is 0 Å². The van der Waals surface area contributed by atoms with Gasteiger partial charge in [-0.3, -0.25) is 0 Å². The topological polar surface area (TPSA) is 27.7 Å². The smallest absolute Gasteiger partial charge is 0.161 e. The van der Waals surface area contributed by atoms with E-state index >= 15 is 0 Å². The highest BCUT2D eigenvalue weighted by molar-refractivity contribution is 9.09. The van der Waals surface area contributed by atoms with Gasteiger partial charge in [0.05, 0.1) is 0 Å². The van der Waals surface area contributed by atoms with Gasteiger partial charge in [0.15, 0.2) is 12.6 Å². The zero-order chi connectivity index (χ0) is 10.1. The van der Waals surface area contributed by atoms with E-state index in [0.29, 0.717) is 0 Å². The molecule has 0 amide bonds. The van der Waals surface area contributed by atoms with Crippen LogP contribution in [0.3, 0.4) is 0 Å². The number of ether oxygens (including phenoxy) is 3. The van der Waals surface area contributed by atoms with Gasteiger partial charge >= 0.3 is 0 Å². The summed E-state index contributed by atoms with van der Waals surface area (Å²) in [6.07, 6.45) is 1.25. The van der Waals surface area contributed by atoms with Gasteiger partial charge in [-0.15, -0.1) is 0 Å². The van der Waals surface area contributed by atoms with Crippen LogP contribution in [-0.2, 0) is 14.2 Å². The van der Waals surface area contributed by atoms with Crippen molar-refractivity contribution in [3.05, 3.63) is 0 Å². The Morgan fingerprint density at radius 2 is 1.31 bits per heavy atom. The van der Waals surface area contributed by atoms with Gasteiger partial charge < -0.3 is 14.2 Å². The molecule has 0 spiro atoms. The second-order valence-corrected chi connectivity index (χ2v) is 4.01. The zero-order valence-electron chi connectivity index (χ0n) is 7.96. The average molecular weight is 320 g/mol. The third kappa shape index (κ3) is 6.85. The van der Waals surface area contributed by atoms with E-state index in [-0.39, 0.29) is 12.6 Å². The number of hydrogen-bond donors (Lipinski definition) is 0. The van der Waals surface area contributed by atoms with Gasteiger partial charge in [0, 0.05) is 37.7 Å². The van der Waals surface area contributed by atoms with E-state index in [1.807, 2.05) is 0 Å². The normalized spacial score (nSPS) is 15.7. The molecule has 5 heteroatoms. The van der Waals surface area contributed by atoms with Crippen LogP contribution in [0.15, 0.2) is 0 Å². The van der Waals surface area contributed by atoms with Gasteiger partial charge in [-0.1, -0.05) is 31.9 Å². The molecule has 2 unspecified atom stereocenters. The summed E-state index contributed by atoms with van der Waals surface area (Å²) in [5.74, 6) is 0. The van der Waals surface area contributed by atoms with Crippen molar-refractivity contribution in [2.24, 2.45) is 0 Å². The fraction of sp³-hybridized carbons (Fsp3) is 1.00. The number of rotatable bonds is 8. The Labute approximate surface area is 96.4 Å². The molecule has 0 fully saturated rings. The molecule has 0 aromatic rings. The molecule has 0 heterocycles. The highest BCUT2D eigenvalue weighted by atomic mass is 79.9. The largest absolute Gasteiger partial charge is 0.356 e. The van der Waals surface area contributed by atoms with Crippen LogP contribution in [0.4, 0.5) is 0 Å². The highest BCUT2D eigenvalue weighted by Gasteiger charge is 2.14. The summed E-state index contributed by atoms with van der Waals surface area (Å²) in [6.45, 7) is 0. The molecule has 0 saturated heterocycles. The molecular weight excluding hydrogens is 304 g/mol. The van der Waals surface area contributed by atoms with Crippen LogP contribution in [0.2, 0.25) is 0 Å². The van der Waals surface area contributed by atoms with Gasteiger partial charge in [-0.05, 0) is 0 Å². The van der Waals surface area contributed by atoms with E-state index in [4.69, 9.17) is 14.2 Å². The molecule has 0 aromatic carbocycles. The summed E-state index contributed by atoms with van der Waals surface area (Å²) in [6, 6.07) is 0. The van der Waals surface area contributed by atoms with Crippen LogP contribution in [0, 0.1) is 0 Å². The van der Waals surface area contributed by atoms with Crippen molar-refractivity contribution in [3.8, 4) is 0 Å². The monoisotopic (exact) mass is 318 g/mol. The summed E-state index contributed by atoms with van der Waals surface area (Å²) in [5.41, 5.74) is 0. The molecule has 0 rings (SSSR count). The summed E-state index contributed by atoms with van der Waals surface area (Å²) in [4.78, 5) is 0. The van der Waals surface area contributed by atoms with Crippen LogP contribution in [-0.4, -0.2) is 37.5 Å². The summed E-state index contributed by atoms with van der Waals surface area (Å²) < 4.78 is 15.8. The molecular formula is C8H16Br2O3. The van der Waals surface area contributed by atoms with Gasteiger partial charge in [0.2, 0.25) is 0 Å². The van der Waals surface area contributed by atoms with Crippen molar-refractivity contribution >= 4 is 31.9 Å². The summed E-state index contributed by atoms with van der Waals surface area (Å²) >= 11 is 6.66. The second-order valence-electron chi connectivity index (χ2n) is 2.42. The van der Waals surface area contributed by atoms with Gasteiger partial charge in [-0.25, -0.2) is 0 Å². The van der Waals surface area contributed by atoms with Gasteiger partial charge in [0.1, 0.15) is 0 Å². The lowest BCUT2D eigenvalue weighted by atomic mass is 10.4. The quantitative estimate of drug-likeness (QED) is 0.508. The lowest BCUT2D eigenvalue weighted by Crippen LogP contribution is -2.25. The first-order valence-corrected chi connectivity index (χ1v) is 6.35. The maximum Gasteiger partial charge on any atom is 0.161 e. The lowest BCUT2D eigenvalue weighted by molar-refractivity contribution is -0.229. The fourth-order valence-electron chi connectivity index (χ4n) is 0.830. The molecule has 0 aromatic heterocycles. The molecule has 0 saturated carbocycles. The molecule has 0 bridgehead atoms. The minimum absolute atomic E-state index is 0.191. The van der Waals surface area contributed by atoms with E-state index in [2.05, 4.69) is 31.9 Å². The first-order valence-electron chi connectivity index (χ1n) is 4.11. The van der Waals surface area contributed by atoms with Crippen molar-refractivity contribution < 1.29 is 14.2 Å². The Balaban J connectivity index is 3.73. The van der Waals surface area contributed by atoms with E-state index in [0.717, 1.165) is 23.5 Å². The van der Waals surface area contributed by atoms with Crippen LogP contribution >= 0.6 is 31.9 Å². The maximum absolute atomic E-state index is 5.53. The molecule has 0 aliphatic rings. The third-order valence-corrected chi connectivity index (χ3v) is 2.43. The number of methoxy groups -OCH3 is 2. The third-order valence-electron chi connectivity index (χ3n) is 1.52. The fourth-order valence-corrected chi connectivity index (χ4v) is 1.58. The maximum atomic E-state index is 5.53. The first kappa shape index (κ1) is 13.8. The highest BCUT2D eigenvalue weighted by Crippen LogP contribution is 2.10. The minimum atomic E-state index is -0.191. The van der Waals surface area contributed by atoms with Crippen LogP contribution in [0.25, 0.3) is 0 Å². The SMILES string of the molecule is COC(CCBr)OC(CCBr)OC. The second kappa shape index (κ2) is 9.40. The van der Waals surface area contributed by atoms with E-state index in [1.54, 1.807) is 14.2 Å². The predicted molar refractivity (Wildman–Crippen MR) is 59.5 cm³/mol. The van der Waals surface area contributed by atoms with Gasteiger partial charge in [0.25, 0.3) is 0 Å². The average Bonchev–Trinajstić information content (AvgIpc) is 2.16. The van der Waals surface area contributed by atoms with Crippen molar-refractivity contribution in [1.82, 2.24) is 0 Å². The van der Waals surface area contributed by atoms with Gasteiger partial charge in [-0.2, -0.15) is 0 Å². The van der Waals surface area contributed by atoms with E-state index in [1.165, 1.54) is 0 Å². The summed E-state index contributed by atoms with van der Waals surface area (Å²) in [7, 11) is 3.27. The summed E-state index contributed by atoms with van der Waals surface area (Å²) in [5, 5.41) is 1.71. The Kier molecular flexibility index (Phi) is 10.0. The van der Waals surface area contributed by atoms with Crippen LogP contribution < -0.4 is 0 Å². The Morgan fingerprint density at radius 1 is 0.923 bits per heavy atom. The molecule has 0 aliphatic carbocycles. The lowest BCUT2D eigenvalue weighted by Gasteiger charge is -2.21. The standard InChI is InChI=1S/C8H16Br2O3/c1-11-7(3-5-9)13-8(12-2)4-6-10/h7-8H,3-6H2,1-2H3. The first-order chi connectivity index (χ1) is 6.28.